The van der Waals surface area contributed by atoms with Crippen LogP contribution in [-0.2, 0) is 6.18 Å². The molecule has 2 nitrogen and oxygen atoms in total. The first-order valence-electron chi connectivity index (χ1n) is 4.25. The number of nitrogens with one attached hydrogen (secondary N) is 1. The van der Waals surface area contributed by atoms with E-state index in [1.165, 1.54) is 12.3 Å². The number of nitrogens with zero attached hydrogens (tertiary/aromatic N) is 1. The van der Waals surface area contributed by atoms with Crippen LogP contribution in [0.2, 0.25) is 0 Å². The molecular formula is C10H9F3N2. The zero-order valence-electron chi connectivity index (χ0n) is 7.80. The number of terminal acetylenes is 1. The van der Waals surface area contributed by atoms with Gasteiger partial charge in [-0.2, -0.15) is 13.2 Å². The summed E-state index contributed by atoms with van der Waals surface area (Å²) in [5.74, 6) is 2.14. The van der Waals surface area contributed by atoms with E-state index in [9.17, 15) is 13.2 Å². The minimum atomic E-state index is -4.40. The first-order chi connectivity index (χ1) is 7.05. The van der Waals surface area contributed by atoms with Crippen molar-refractivity contribution < 1.29 is 13.2 Å². The molecule has 0 fully saturated rings. The maximum Gasteiger partial charge on any atom is 0.419 e. The fraction of sp³-hybridized carbons (Fsp3) is 0.300. The molecule has 1 heterocycles. The predicted octanol–water partition coefficient (Wildman–Crippen LogP) is 2.54. The van der Waals surface area contributed by atoms with Crippen molar-refractivity contribution in [3.05, 3.63) is 23.9 Å². The molecule has 15 heavy (non-hydrogen) atoms. The van der Waals surface area contributed by atoms with Crippen molar-refractivity contribution in [1.29, 1.82) is 0 Å². The summed E-state index contributed by atoms with van der Waals surface area (Å²) in [5.41, 5.74) is -0.776. The molecule has 0 unspecified atom stereocenters. The average Bonchev–Trinajstić information content (AvgIpc) is 2.17. The number of aromatic nitrogens is 1. The lowest BCUT2D eigenvalue weighted by Crippen LogP contribution is -2.12. The summed E-state index contributed by atoms with van der Waals surface area (Å²) in [6.45, 7) is 0.274. The lowest BCUT2D eigenvalue weighted by molar-refractivity contribution is -0.137. The molecule has 5 heteroatoms. The Morgan fingerprint density at radius 1 is 1.47 bits per heavy atom. The lowest BCUT2D eigenvalue weighted by atomic mass is 10.2. The Labute approximate surface area is 85.5 Å². The molecule has 1 aromatic rings. The molecule has 0 aliphatic heterocycles. The van der Waals surface area contributed by atoms with Crippen LogP contribution in [0, 0.1) is 12.3 Å². The zero-order valence-corrected chi connectivity index (χ0v) is 7.80. The van der Waals surface area contributed by atoms with Gasteiger partial charge in [0.05, 0.1) is 5.56 Å². The second-order valence-corrected chi connectivity index (χ2v) is 2.78. The standard InChI is InChI=1S/C10H9F3N2/c1-2-3-6-14-9-8(10(11,12)13)5-4-7-15-9/h1,4-5,7H,3,6H2,(H,14,15). The van der Waals surface area contributed by atoms with Gasteiger partial charge in [-0.3, -0.25) is 0 Å². The van der Waals surface area contributed by atoms with Crippen molar-refractivity contribution in [2.45, 2.75) is 12.6 Å². The molecule has 0 spiro atoms. The molecular weight excluding hydrogens is 205 g/mol. The third kappa shape index (κ3) is 3.17. The number of hydrogen-bond donors (Lipinski definition) is 1. The Kier molecular flexibility index (Phi) is 3.56. The second kappa shape index (κ2) is 4.69. The molecule has 1 rings (SSSR count). The van der Waals surface area contributed by atoms with E-state index < -0.39 is 11.7 Å². The van der Waals surface area contributed by atoms with E-state index in [2.05, 4.69) is 16.2 Å². The summed E-state index contributed by atoms with van der Waals surface area (Å²) in [6.07, 6.45) is 2.24. The molecule has 0 radical (unpaired) electrons. The Morgan fingerprint density at radius 3 is 2.80 bits per heavy atom. The van der Waals surface area contributed by atoms with Crippen LogP contribution in [0.25, 0.3) is 0 Å². The molecule has 0 amide bonds. The molecule has 0 bridgehead atoms. The fourth-order valence-corrected chi connectivity index (χ4v) is 1.03. The first kappa shape index (κ1) is 11.4. The van der Waals surface area contributed by atoms with Crippen LogP contribution in [-0.4, -0.2) is 11.5 Å². The normalized spacial score (nSPS) is 10.8. The van der Waals surface area contributed by atoms with Crippen LogP contribution in [0.3, 0.4) is 0 Å². The summed E-state index contributed by atoms with van der Waals surface area (Å²) in [6, 6.07) is 2.22. The molecule has 1 aromatic heterocycles. The third-order valence-electron chi connectivity index (χ3n) is 1.67. The van der Waals surface area contributed by atoms with Gasteiger partial charge in [-0.25, -0.2) is 4.98 Å². The van der Waals surface area contributed by atoms with Crippen LogP contribution in [0.4, 0.5) is 19.0 Å². The van der Waals surface area contributed by atoms with Gasteiger partial charge in [-0.15, -0.1) is 12.3 Å². The number of alkyl halides is 3. The molecule has 0 aromatic carbocycles. The van der Waals surface area contributed by atoms with Gasteiger partial charge in [0.25, 0.3) is 0 Å². The lowest BCUT2D eigenvalue weighted by Gasteiger charge is -2.12. The van der Waals surface area contributed by atoms with Crippen molar-refractivity contribution in [2.75, 3.05) is 11.9 Å². The molecule has 0 aliphatic rings. The van der Waals surface area contributed by atoms with Crippen molar-refractivity contribution in [3.63, 3.8) is 0 Å². The number of pyridine rings is 1. The van der Waals surface area contributed by atoms with Crippen LogP contribution < -0.4 is 5.32 Å². The van der Waals surface area contributed by atoms with Gasteiger partial charge in [-0.05, 0) is 12.1 Å². The number of hydrogen-bond acceptors (Lipinski definition) is 2. The van der Waals surface area contributed by atoms with E-state index in [0.717, 1.165) is 6.07 Å². The van der Waals surface area contributed by atoms with Crippen molar-refractivity contribution in [2.24, 2.45) is 0 Å². The fourth-order valence-electron chi connectivity index (χ4n) is 1.03. The van der Waals surface area contributed by atoms with E-state index in [0.29, 0.717) is 6.42 Å². The summed E-state index contributed by atoms with van der Waals surface area (Å²) >= 11 is 0. The smallest absolute Gasteiger partial charge is 0.369 e. The van der Waals surface area contributed by atoms with Gasteiger partial charge in [0, 0.05) is 19.2 Å². The number of anilines is 1. The summed E-state index contributed by atoms with van der Waals surface area (Å²) in [5, 5.41) is 2.55. The average molecular weight is 214 g/mol. The van der Waals surface area contributed by atoms with Gasteiger partial charge in [0.2, 0.25) is 0 Å². The minimum absolute atomic E-state index is 0.180. The van der Waals surface area contributed by atoms with E-state index in [1.807, 2.05) is 0 Å². The quantitative estimate of drug-likeness (QED) is 0.617. The first-order valence-corrected chi connectivity index (χ1v) is 4.25. The second-order valence-electron chi connectivity index (χ2n) is 2.78. The highest BCUT2D eigenvalue weighted by molar-refractivity contribution is 5.45. The Balaban J connectivity index is 2.83. The highest BCUT2D eigenvalue weighted by Crippen LogP contribution is 2.33. The van der Waals surface area contributed by atoms with Crippen molar-refractivity contribution >= 4 is 5.82 Å². The largest absolute Gasteiger partial charge is 0.419 e. The summed E-state index contributed by atoms with van der Waals surface area (Å²) in [4.78, 5) is 3.62. The molecule has 0 saturated carbocycles. The highest BCUT2D eigenvalue weighted by Gasteiger charge is 2.33. The van der Waals surface area contributed by atoms with Gasteiger partial charge in [0.1, 0.15) is 5.82 Å². The van der Waals surface area contributed by atoms with Crippen LogP contribution in [0.5, 0.6) is 0 Å². The maximum atomic E-state index is 12.4. The van der Waals surface area contributed by atoms with Crippen molar-refractivity contribution in [1.82, 2.24) is 4.98 Å². The van der Waals surface area contributed by atoms with Crippen molar-refractivity contribution in [3.8, 4) is 12.3 Å². The third-order valence-corrected chi connectivity index (χ3v) is 1.67. The van der Waals surface area contributed by atoms with Crippen LogP contribution in [0.1, 0.15) is 12.0 Å². The molecule has 1 N–H and O–H groups in total. The van der Waals surface area contributed by atoms with E-state index in [-0.39, 0.29) is 12.4 Å². The Morgan fingerprint density at radius 2 is 2.20 bits per heavy atom. The highest BCUT2D eigenvalue weighted by atomic mass is 19.4. The van der Waals surface area contributed by atoms with Gasteiger partial charge >= 0.3 is 6.18 Å². The SMILES string of the molecule is C#CCCNc1ncccc1C(F)(F)F. The molecule has 0 saturated heterocycles. The maximum absolute atomic E-state index is 12.4. The van der Waals surface area contributed by atoms with Gasteiger partial charge in [-0.1, -0.05) is 0 Å². The van der Waals surface area contributed by atoms with E-state index in [4.69, 9.17) is 6.42 Å². The topological polar surface area (TPSA) is 24.9 Å². The monoisotopic (exact) mass is 214 g/mol. The Hall–Kier alpha value is -1.70. The van der Waals surface area contributed by atoms with E-state index >= 15 is 0 Å². The predicted molar refractivity (Wildman–Crippen MR) is 51.2 cm³/mol. The van der Waals surface area contributed by atoms with Crippen LogP contribution >= 0.6 is 0 Å². The minimum Gasteiger partial charge on any atom is -0.369 e. The molecule has 0 atom stereocenters. The number of rotatable bonds is 3. The molecule has 80 valence electrons. The van der Waals surface area contributed by atoms with E-state index in [1.54, 1.807) is 0 Å². The molecule has 0 aliphatic carbocycles. The zero-order chi connectivity index (χ0) is 11.3. The summed E-state index contributed by atoms with van der Waals surface area (Å²) < 4.78 is 37.3. The Bertz CT molecular complexity index is 366. The summed E-state index contributed by atoms with van der Waals surface area (Å²) in [7, 11) is 0. The number of halogens is 3. The van der Waals surface area contributed by atoms with Gasteiger partial charge < -0.3 is 5.32 Å². The van der Waals surface area contributed by atoms with Crippen LogP contribution in [0.15, 0.2) is 18.3 Å². The van der Waals surface area contributed by atoms with Gasteiger partial charge in [0.15, 0.2) is 0 Å².